The molecule has 1 aliphatic heterocycles. The normalized spacial score (nSPS) is 19.5. The van der Waals surface area contributed by atoms with Crippen LogP contribution in [0.4, 0.5) is 0 Å². The SMILES string of the molecule is CNC(=O)CN(C)CC(=O)NCC1CN(CC(C)C)CCO1. The number of rotatable bonds is 8. The first-order valence-corrected chi connectivity index (χ1v) is 7.90. The summed E-state index contributed by atoms with van der Waals surface area (Å²) >= 11 is 0. The van der Waals surface area contributed by atoms with Crippen molar-refractivity contribution in [3.8, 4) is 0 Å². The Labute approximate surface area is 133 Å². The van der Waals surface area contributed by atoms with Crippen molar-refractivity contribution in [2.24, 2.45) is 5.92 Å². The van der Waals surface area contributed by atoms with Crippen molar-refractivity contribution in [3.05, 3.63) is 0 Å². The average Bonchev–Trinajstić information content (AvgIpc) is 2.44. The summed E-state index contributed by atoms with van der Waals surface area (Å²) in [5.41, 5.74) is 0. The van der Waals surface area contributed by atoms with E-state index in [0.717, 1.165) is 19.6 Å². The van der Waals surface area contributed by atoms with Gasteiger partial charge in [0.2, 0.25) is 11.8 Å². The van der Waals surface area contributed by atoms with E-state index >= 15 is 0 Å². The van der Waals surface area contributed by atoms with Crippen molar-refractivity contribution >= 4 is 11.8 Å². The maximum absolute atomic E-state index is 11.9. The number of carbonyl (C=O) groups excluding carboxylic acids is 2. The Morgan fingerprint density at radius 3 is 2.64 bits per heavy atom. The molecule has 7 heteroatoms. The molecule has 0 aromatic rings. The van der Waals surface area contributed by atoms with E-state index in [9.17, 15) is 9.59 Å². The van der Waals surface area contributed by atoms with E-state index in [-0.39, 0.29) is 31.0 Å². The van der Waals surface area contributed by atoms with Crippen molar-refractivity contribution in [3.63, 3.8) is 0 Å². The van der Waals surface area contributed by atoms with Crippen molar-refractivity contribution in [2.45, 2.75) is 20.0 Å². The Kier molecular flexibility index (Phi) is 8.37. The molecule has 1 heterocycles. The lowest BCUT2D eigenvalue weighted by Gasteiger charge is -2.34. The zero-order chi connectivity index (χ0) is 16.5. The highest BCUT2D eigenvalue weighted by Crippen LogP contribution is 2.07. The molecule has 7 nitrogen and oxygen atoms in total. The summed E-state index contributed by atoms with van der Waals surface area (Å²) < 4.78 is 5.69. The number of likely N-dealkylation sites (N-methyl/N-ethyl adjacent to an activating group) is 2. The largest absolute Gasteiger partial charge is 0.374 e. The van der Waals surface area contributed by atoms with E-state index in [1.54, 1.807) is 19.0 Å². The Hall–Kier alpha value is -1.18. The van der Waals surface area contributed by atoms with Crippen LogP contribution >= 0.6 is 0 Å². The molecule has 0 aromatic carbocycles. The van der Waals surface area contributed by atoms with Gasteiger partial charge in [0.1, 0.15) is 0 Å². The van der Waals surface area contributed by atoms with Crippen LogP contribution < -0.4 is 10.6 Å². The first-order chi connectivity index (χ1) is 10.4. The van der Waals surface area contributed by atoms with Crippen molar-refractivity contribution < 1.29 is 14.3 Å². The van der Waals surface area contributed by atoms with Gasteiger partial charge >= 0.3 is 0 Å². The van der Waals surface area contributed by atoms with Crippen molar-refractivity contribution in [1.29, 1.82) is 0 Å². The summed E-state index contributed by atoms with van der Waals surface area (Å²) in [6.45, 7) is 8.92. The van der Waals surface area contributed by atoms with Gasteiger partial charge in [0, 0.05) is 33.2 Å². The fourth-order valence-electron chi connectivity index (χ4n) is 2.49. The first kappa shape index (κ1) is 18.9. The minimum Gasteiger partial charge on any atom is -0.374 e. The van der Waals surface area contributed by atoms with E-state index in [1.165, 1.54) is 0 Å². The lowest BCUT2D eigenvalue weighted by Crippen LogP contribution is -2.49. The van der Waals surface area contributed by atoms with Gasteiger partial charge in [-0.2, -0.15) is 0 Å². The van der Waals surface area contributed by atoms with E-state index in [4.69, 9.17) is 4.74 Å². The number of carbonyl (C=O) groups is 2. The third-order valence-corrected chi connectivity index (χ3v) is 3.48. The first-order valence-electron chi connectivity index (χ1n) is 7.90. The molecule has 1 saturated heterocycles. The Bertz CT molecular complexity index is 363. The van der Waals surface area contributed by atoms with Gasteiger partial charge in [0.15, 0.2) is 0 Å². The third-order valence-electron chi connectivity index (χ3n) is 3.48. The maximum atomic E-state index is 11.9. The molecule has 1 atom stereocenters. The number of hydrogen-bond acceptors (Lipinski definition) is 5. The minimum atomic E-state index is -0.102. The molecule has 22 heavy (non-hydrogen) atoms. The highest BCUT2D eigenvalue weighted by molar-refractivity contribution is 5.80. The van der Waals surface area contributed by atoms with Crippen LogP contribution in [-0.2, 0) is 14.3 Å². The minimum absolute atomic E-state index is 0.0423. The predicted molar refractivity (Wildman–Crippen MR) is 85.6 cm³/mol. The highest BCUT2D eigenvalue weighted by Gasteiger charge is 2.21. The fourth-order valence-corrected chi connectivity index (χ4v) is 2.49. The van der Waals surface area contributed by atoms with Gasteiger partial charge in [-0.3, -0.25) is 19.4 Å². The monoisotopic (exact) mass is 314 g/mol. The summed E-state index contributed by atoms with van der Waals surface area (Å²) in [7, 11) is 3.33. The molecule has 0 spiro atoms. The molecular formula is C15H30N4O3. The van der Waals surface area contributed by atoms with Crippen molar-refractivity contribution in [1.82, 2.24) is 20.4 Å². The van der Waals surface area contributed by atoms with Crippen LogP contribution in [0, 0.1) is 5.92 Å². The second-order valence-electron chi connectivity index (χ2n) is 6.30. The lowest BCUT2D eigenvalue weighted by molar-refractivity contribution is -0.125. The average molecular weight is 314 g/mol. The fraction of sp³-hybridized carbons (Fsp3) is 0.867. The van der Waals surface area contributed by atoms with Crippen LogP contribution in [0.1, 0.15) is 13.8 Å². The zero-order valence-electron chi connectivity index (χ0n) is 14.2. The van der Waals surface area contributed by atoms with E-state index in [2.05, 4.69) is 29.4 Å². The van der Waals surface area contributed by atoms with Gasteiger partial charge in [0.05, 0.1) is 25.8 Å². The summed E-state index contributed by atoms with van der Waals surface area (Å²) in [4.78, 5) is 27.2. The smallest absolute Gasteiger partial charge is 0.234 e. The molecule has 0 bridgehead atoms. The molecule has 0 saturated carbocycles. The van der Waals surface area contributed by atoms with Crippen LogP contribution in [0.3, 0.4) is 0 Å². The molecule has 1 rings (SSSR count). The van der Waals surface area contributed by atoms with Crippen LogP contribution in [-0.4, -0.2) is 87.7 Å². The van der Waals surface area contributed by atoms with E-state index < -0.39 is 0 Å². The standard InChI is InChI=1S/C15H30N4O3/c1-12(2)8-19-5-6-22-13(9-19)7-17-15(21)11-18(4)10-14(20)16-3/h12-13H,5-11H2,1-4H3,(H,16,20)(H,17,21). The Balaban J connectivity index is 2.24. The van der Waals surface area contributed by atoms with E-state index in [0.29, 0.717) is 19.1 Å². The molecular weight excluding hydrogens is 284 g/mol. The number of nitrogens with zero attached hydrogens (tertiary/aromatic N) is 2. The van der Waals surface area contributed by atoms with Gasteiger partial charge < -0.3 is 15.4 Å². The van der Waals surface area contributed by atoms with Crippen molar-refractivity contribution in [2.75, 3.05) is 60.0 Å². The second-order valence-corrected chi connectivity index (χ2v) is 6.30. The topological polar surface area (TPSA) is 73.9 Å². The number of ether oxygens (including phenoxy) is 1. The predicted octanol–water partition coefficient (Wildman–Crippen LogP) is -0.863. The molecule has 1 unspecified atom stereocenters. The van der Waals surface area contributed by atoms with Gasteiger partial charge in [-0.15, -0.1) is 0 Å². The summed E-state index contributed by atoms with van der Waals surface area (Å²) in [6.07, 6.45) is 0.0423. The molecule has 2 N–H and O–H groups in total. The lowest BCUT2D eigenvalue weighted by atomic mass is 10.2. The molecule has 0 radical (unpaired) electrons. The molecule has 128 valence electrons. The van der Waals surface area contributed by atoms with Crippen LogP contribution in [0.2, 0.25) is 0 Å². The quantitative estimate of drug-likeness (QED) is 0.610. The summed E-state index contributed by atoms with van der Waals surface area (Å²) in [6, 6.07) is 0. The number of hydrogen-bond donors (Lipinski definition) is 2. The molecule has 1 fully saturated rings. The van der Waals surface area contributed by atoms with Gasteiger partial charge in [-0.1, -0.05) is 13.8 Å². The van der Waals surface area contributed by atoms with Gasteiger partial charge in [-0.25, -0.2) is 0 Å². The molecule has 0 aliphatic carbocycles. The Morgan fingerprint density at radius 2 is 2.00 bits per heavy atom. The zero-order valence-corrected chi connectivity index (χ0v) is 14.2. The number of nitrogens with one attached hydrogen (secondary N) is 2. The van der Waals surface area contributed by atoms with Crippen LogP contribution in [0.5, 0.6) is 0 Å². The van der Waals surface area contributed by atoms with E-state index in [1.807, 2.05) is 0 Å². The molecule has 0 aromatic heterocycles. The van der Waals surface area contributed by atoms with Gasteiger partial charge in [-0.05, 0) is 13.0 Å². The second kappa shape index (κ2) is 9.76. The van der Waals surface area contributed by atoms with Gasteiger partial charge in [0.25, 0.3) is 0 Å². The highest BCUT2D eigenvalue weighted by atomic mass is 16.5. The Morgan fingerprint density at radius 1 is 1.32 bits per heavy atom. The van der Waals surface area contributed by atoms with Crippen LogP contribution in [0.15, 0.2) is 0 Å². The number of amides is 2. The molecule has 1 aliphatic rings. The third kappa shape index (κ3) is 7.72. The maximum Gasteiger partial charge on any atom is 0.234 e. The number of morpholine rings is 1. The summed E-state index contributed by atoms with van der Waals surface area (Å²) in [5.74, 6) is 0.443. The summed E-state index contributed by atoms with van der Waals surface area (Å²) in [5, 5.41) is 5.42. The van der Waals surface area contributed by atoms with Crippen LogP contribution in [0.25, 0.3) is 0 Å². The molecule has 2 amide bonds.